The normalized spacial score (nSPS) is 21.5. The Morgan fingerprint density at radius 3 is 2.56 bits per heavy atom. The molecule has 2 heterocycles. The predicted octanol–water partition coefficient (Wildman–Crippen LogP) is 3.78. The van der Waals surface area contributed by atoms with Crippen molar-refractivity contribution in [3.63, 3.8) is 0 Å². The molecule has 2 aliphatic heterocycles. The highest BCUT2D eigenvalue weighted by atomic mass is 16.5. The predicted molar refractivity (Wildman–Crippen MR) is 94.1 cm³/mol. The van der Waals surface area contributed by atoms with Crippen LogP contribution in [0.1, 0.15) is 24.0 Å². The van der Waals surface area contributed by atoms with E-state index in [1.54, 1.807) is 0 Å². The van der Waals surface area contributed by atoms with Crippen molar-refractivity contribution >= 4 is 11.7 Å². The van der Waals surface area contributed by atoms with E-state index in [1.807, 2.05) is 61.5 Å². The van der Waals surface area contributed by atoms with Crippen molar-refractivity contribution in [2.45, 2.75) is 12.8 Å². The first-order valence-electron chi connectivity index (χ1n) is 8.60. The number of para-hydroxylation sites is 1. The standard InChI is InChI=1S/C21H20O4/c1-2-23-21(22)19-18-15(12-24-17-11-7-6-10-16(17)18)13-25-20(19)14-8-4-3-5-9-14/h3-11,15,18H,2,12-13H2,1H3/t15-,18+/m1/s1. The zero-order valence-corrected chi connectivity index (χ0v) is 14.1. The molecule has 0 radical (unpaired) electrons. The third kappa shape index (κ3) is 2.78. The van der Waals surface area contributed by atoms with Crippen molar-refractivity contribution in [3.8, 4) is 5.75 Å². The number of ether oxygens (including phenoxy) is 3. The van der Waals surface area contributed by atoms with E-state index in [0.717, 1.165) is 16.9 Å². The van der Waals surface area contributed by atoms with Crippen molar-refractivity contribution in [3.05, 3.63) is 71.3 Å². The van der Waals surface area contributed by atoms with E-state index in [0.29, 0.717) is 31.2 Å². The van der Waals surface area contributed by atoms with Crippen LogP contribution in [0.3, 0.4) is 0 Å². The van der Waals surface area contributed by atoms with Gasteiger partial charge in [-0.3, -0.25) is 0 Å². The Morgan fingerprint density at radius 2 is 1.76 bits per heavy atom. The van der Waals surface area contributed by atoms with Crippen LogP contribution in [0, 0.1) is 5.92 Å². The Hall–Kier alpha value is -2.75. The first-order chi connectivity index (χ1) is 12.3. The molecule has 0 aliphatic carbocycles. The molecule has 2 aliphatic rings. The fourth-order valence-electron chi connectivity index (χ4n) is 3.62. The van der Waals surface area contributed by atoms with Crippen LogP contribution in [-0.2, 0) is 14.3 Å². The van der Waals surface area contributed by atoms with Gasteiger partial charge in [0.05, 0.1) is 25.4 Å². The molecule has 0 amide bonds. The lowest BCUT2D eigenvalue weighted by molar-refractivity contribution is -0.139. The van der Waals surface area contributed by atoms with Crippen LogP contribution in [0.15, 0.2) is 60.2 Å². The fraction of sp³-hybridized carbons (Fsp3) is 0.286. The minimum Gasteiger partial charge on any atom is -0.493 e. The summed E-state index contributed by atoms with van der Waals surface area (Å²) in [6.45, 7) is 3.21. The number of esters is 1. The highest BCUT2D eigenvalue weighted by Crippen LogP contribution is 2.47. The molecule has 4 nitrogen and oxygen atoms in total. The van der Waals surface area contributed by atoms with Gasteiger partial charge in [-0.15, -0.1) is 0 Å². The van der Waals surface area contributed by atoms with E-state index in [2.05, 4.69) is 0 Å². The maximum Gasteiger partial charge on any atom is 0.338 e. The van der Waals surface area contributed by atoms with Crippen molar-refractivity contribution in [1.82, 2.24) is 0 Å². The number of rotatable bonds is 3. The molecule has 0 saturated heterocycles. The average Bonchev–Trinajstić information content (AvgIpc) is 2.67. The average molecular weight is 336 g/mol. The maximum absolute atomic E-state index is 12.8. The van der Waals surface area contributed by atoms with Gasteiger partial charge in [0.25, 0.3) is 0 Å². The lowest BCUT2D eigenvalue weighted by atomic mass is 9.76. The van der Waals surface area contributed by atoms with E-state index < -0.39 is 0 Å². The quantitative estimate of drug-likeness (QED) is 0.800. The maximum atomic E-state index is 12.8. The molecule has 0 spiro atoms. The Kier molecular flexibility index (Phi) is 4.18. The number of benzene rings is 2. The van der Waals surface area contributed by atoms with Crippen LogP contribution < -0.4 is 4.74 Å². The summed E-state index contributed by atoms with van der Waals surface area (Å²) in [5.41, 5.74) is 2.52. The number of hydrogen-bond donors (Lipinski definition) is 0. The third-order valence-electron chi connectivity index (χ3n) is 4.71. The lowest BCUT2D eigenvalue weighted by Gasteiger charge is -2.38. The molecule has 0 unspecified atom stereocenters. The summed E-state index contributed by atoms with van der Waals surface area (Å²) in [5.74, 6) is 1.17. The molecule has 0 fully saturated rings. The molecule has 0 aromatic heterocycles. The van der Waals surface area contributed by atoms with E-state index >= 15 is 0 Å². The number of carbonyl (C=O) groups excluding carboxylic acids is 1. The molecule has 0 bridgehead atoms. The Morgan fingerprint density at radius 1 is 1.04 bits per heavy atom. The lowest BCUT2D eigenvalue weighted by Crippen LogP contribution is -2.36. The second kappa shape index (κ2) is 6.63. The van der Waals surface area contributed by atoms with Gasteiger partial charge in [-0.05, 0) is 13.0 Å². The monoisotopic (exact) mass is 336 g/mol. The van der Waals surface area contributed by atoms with Crippen molar-refractivity contribution in [2.75, 3.05) is 19.8 Å². The fourth-order valence-corrected chi connectivity index (χ4v) is 3.62. The molecular weight excluding hydrogens is 316 g/mol. The van der Waals surface area contributed by atoms with Gasteiger partial charge in [-0.1, -0.05) is 48.5 Å². The van der Waals surface area contributed by atoms with Crippen molar-refractivity contribution in [2.24, 2.45) is 5.92 Å². The number of fused-ring (bicyclic) bond motifs is 3. The minimum absolute atomic E-state index is 0.0760. The molecule has 128 valence electrons. The summed E-state index contributed by atoms with van der Waals surface area (Å²) in [6.07, 6.45) is 0. The molecule has 25 heavy (non-hydrogen) atoms. The van der Waals surface area contributed by atoms with Crippen molar-refractivity contribution < 1.29 is 19.0 Å². The van der Waals surface area contributed by atoms with Gasteiger partial charge in [0.15, 0.2) is 0 Å². The van der Waals surface area contributed by atoms with Crippen LogP contribution in [-0.4, -0.2) is 25.8 Å². The highest BCUT2D eigenvalue weighted by Gasteiger charge is 2.42. The van der Waals surface area contributed by atoms with Gasteiger partial charge in [0, 0.05) is 23.0 Å². The van der Waals surface area contributed by atoms with E-state index in [1.165, 1.54) is 0 Å². The first kappa shape index (κ1) is 15.8. The summed E-state index contributed by atoms with van der Waals surface area (Å²) in [4.78, 5) is 12.8. The molecule has 2 aromatic rings. The number of carbonyl (C=O) groups is 1. The molecule has 2 atom stereocenters. The van der Waals surface area contributed by atoms with E-state index in [4.69, 9.17) is 14.2 Å². The smallest absolute Gasteiger partial charge is 0.338 e. The topological polar surface area (TPSA) is 44.8 Å². The molecule has 0 saturated carbocycles. The SMILES string of the molecule is CCOC(=O)C1=C(c2ccccc2)OC[C@H]2COc3ccccc3[C@@H]12. The molecule has 4 heteroatoms. The Bertz CT molecular complexity index is 810. The van der Waals surface area contributed by atoms with Gasteiger partial charge in [-0.2, -0.15) is 0 Å². The molecule has 2 aromatic carbocycles. The summed E-state index contributed by atoms with van der Waals surface area (Å²) < 4.78 is 17.3. The molecular formula is C21H20O4. The van der Waals surface area contributed by atoms with Crippen LogP contribution in [0.2, 0.25) is 0 Å². The van der Waals surface area contributed by atoms with Gasteiger partial charge in [0.1, 0.15) is 11.5 Å². The molecule has 0 N–H and O–H groups in total. The minimum atomic E-state index is -0.312. The first-order valence-corrected chi connectivity index (χ1v) is 8.60. The van der Waals surface area contributed by atoms with Gasteiger partial charge in [-0.25, -0.2) is 4.79 Å². The van der Waals surface area contributed by atoms with Crippen LogP contribution in [0.25, 0.3) is 5.76 Å². The van der Waals surface area contributed by atoms with E-state index in [9.17, 15) is 4.79 Å². The zero-order valence-electron chi connectivity index (χ0n) is 14.1. The zero-order chi connectivity index (χ0) is 17.2. The second-order valence-electron chi connectivity index (χ2n) is 6.23. The Balaban J connectivity index is 1.90. The summed E-state index contributed by atoms with van der Waals surface area (Å²) >= 11 is 0. The summed E-state index contributed by atoms with van der Waals surface area (Å²) in [7, 11) is 0. The van der Waals surface area contributed by atoms with Crippen LogP contribution in [0.4, 0.5) is 0 Å². The summed E-state index contributed by atoms with van der Waals surface area (Å²) in [5, 5.41) is 0. The summed E-state index contributed by atoms with van der Waals surface area (Å²) in [6, 6.07) is 17.7. The molecule has 4 rings (SSSR count). The van der Waals surface area contributed by atoms with Crippen molar-refractivity contribution in [1.29, 1.82) is 0 Å². The number of hydrogen-bond acceptors (Lipinski definition) is 4. The highest BCUT2D eigenvalue weighted by molar-refractivity contribution is 5.98. The second-order valence-corrected chi connectivity index (χ2v) is 6.23. The Labute approximate surface area is 147 Å². The van der Waals surface area contributed by atoms with Crippen LogP contribution >= 0.6 is 0 Å². The van der Waals surface area contributed by atoms with Crippen LogP contribution in [0.5, 0.6) is 5.75 Å². The largest absolute Gasteiger partial charge is 0.493 e. The van der Waals surface area contributed by atoms with Gasteiger partial charge in [0.2, 0.25) is 0 Å². The van der Waals surface area contributed by atoms with Gasteiger partial charge >= 0.3 is 5.97 Å². The van der Waals surface area contributed by atoms with E-state index in [-0.39, 0.29) is 17.8 Å². The van der Waals surface area contributed by atoms with Gasteiger partial charge < -0.3 is 14.2 Å². The third-order valence-corrected chi connectivity index (χ3v) is 4.71.